The molecule has 1 saturated heterocycles. The highest BCUT2D eigenvalue weighted by Gasteiger charge is 2.30. The molecule has 0 saturated carbocycles. The standard InChI is InChI=1S/C13H17BrN2OS/c1-13(2)8-16(5-6-18-13)12(17)10-7-9(14)3-4-11(10)15/h3-4,7H,5-6,8,15H2,1-2H3. The number of carbonyl (C=O) groups excluding carboxylic acids is 1. The fraction of sp³-hybridized carbons (Fsp3) is 0.462. The predicted molar refractivity (Wildman–Crippen MR) is 81.0 cm³/mol. The Labute approximate surface area is 120 Å². The number of carbonyl (C=O) groups is 1. The Kier molecular flexibility index (Phi) is 3.92. The molecular weight excluding hydrogens is 312 g/mol. The van der Waals surface area contributed by atoms with Crippen LogP contribution >= 0.6 is 27.7 Å². The van der Waals surface area contributed by atoms with E-state index in [9.17, 15) is 4.79 Å². The molecule has 0 aliphatic carbocycles. The monoisotopic (exact) mass is 328 g/mol. The van der Waals surface area contributed by atoms with Gasteiger partial charge in [-0.15, -0.1) is 0 Å². The summed E-state index contributed by atoms with van der Waals surface area (Å²) in [6.45, 7) is 5.89. The van der Waals surface area contributed by atoms with Crippen LogP contribution in [-0.2, 0) is 0 Å². The molecular formula is C13H17BrN2OS. The minimum atomic E-state index is 0.0298. The lowest BCUT2D eigenvalue weighted by molar-refractivity contribution is 0.0749. The van der Waals surface area contributed by atoms with Crippen LogP contribution in [-0.4, -0.2) is 34.4 Å². The SMILES string of the molecule is CC1(C)CN(C(=O)c2cc(Br)ccc2N)CCS1. The van der Waals surface area contributed by atoms with E-state index in [1.807, 2.05) is 22.7 Å². The highest BCUT2D eigenvalue weighted by molar-refractivity contribution is 9.10. The van der Waals surface area contributed by atoms with Gasteiger partial charge in [0, 0.05) is 33.7 Å². The molecule has 18 heavy (non-hydrogen) atoms. The van der Waals surface area contributed by atoms with E-state index in [0.29, 0.717) is 11.3 Å². The zero-order valence-corrected chi connectivity index (χ0v) is 13.0. The number of hydrogen-bond donors (Lipinski definition) is 1. The smallest absolute Gasteiger partial charge is 0.256 e. The largest absolute Gasteiger partial charge is 0.398 e. The lowest BCUT2D eigenvalue weighted by Gasteiger charge is -2.37. The number of nitrogens with zero attached hydrogens (tertiary/aromatic N) is 1. The third-order valence-electron chi connectivity index (χ3n) is 2.96. The lowest BCUT2D eigenvalue weighted by atomic mass is 10.1. The Morgan fingerprint density at radius 2 is 2.22 bits per heavy atom. The molecule has 1 heterocycles. The highest BCUT2D eigenvalue weighted by Crippen LogP contribution is 2.31. The van der Waals surface area contributed by atoms with Gasteiger partial charge >= 0.3 is 0 Å². The van der Waals surface area contributed by atoms with Crippen LogP contribution in [0.5, 0.6) is 0 Å². The second-order valence-corrected chi connectivity index (χ2v) is 7.78. The van der Waals surface area contributed by atoms with Gasteiger partial charge < -0.3 is 10.6 Å². The molecule has 0 atom stereocenters. The fourth-order valence-corrected chi connectivity index (χ4v) is 3.55. The third kappa shape index (κ3) is 3.01. The van der Waals surface area contributed by atoms with Gasteiger partial charge in [0.05, 0.1) is 5.56 Å². The van der Waals surface area contributed by atoms with E-state index in [0.717, 1.165) is 23.3 Å². The molecule has 1 aliphatic heterocycles. The predicted octanol–water partition coefficient (Wildman–Crippen LogP) is 3.00. The zero-order valence-electron chi connectivity index (χ0n) is 10.6. The van der Waals surface area contributed by atoms with Crippen molar-refractivity contribution in [2.24, 2.45) is 0 Å². The fourth-order valence-electron chi connectivity index (χ4n) is 2.07. The van der Waals surface area contributed by atoms with Gasteiger partial charge in [0.15, 0.2) is 0 Å². The summed E-state index contributed by atoms with van der Waals surface area (Å²) in [7, 11) is 0. The van der Waals surface area contributed by atoms with Crippen molar-refractivity contribution in [1.29, 1.82) is 0 Å². The molecule has 0 radical (unpaired) electrons. The Morgan fingerprint density at radius 1 is 1.50 bits per heavy atom. The lowest BCUT2D eigenvalue weighted by Crippen LogP contribution is -2.46. The average Bonchev–Trinajstić information content (AvgIpc) is 2.30. The van der Waals surface area contributed by atoms with Crippen LogP contribution in [0.2, 0.25) is 0 Å². The first-order chi connectivity index (χ1) is 8.39. The van der Waals surface area contributed by atoms with E-state index in [2.05, 4.69) is 29.8 Å². The first-order valence-electron chi connectivity index (χ1n) is 5.87. The van der Waals surface area contributed by atoms with Gasteiger partial charge in [0.2, 0.25) is 0 Å². The summed E-state index contributed by atoms with van der Waals surface area (Å²) >= 11 is 5.29. The van der Waals surface area contributed by atoms with Crippen molar-refractivity contribution in [3.63, 3.8) is 0 Å². The van der Waals surface area contributed by atoms with Crippen molar-refractivity contribution in [3.8, 4) is 0 Å². The molecule has 3 nitrogen and oxygen atoms in total. The Balaban J connectivity index is 2.23. The summed E-state index contributed by atoms with van der Waals surface area (Å²) in [5.74, 6) is 1.01. The molecule has 1 aliphatic rings. The number of nitrogens with two attached hydrogens (primary N) is 1. The number of rotatable bonds is 1. The van der Waals surface area contributed by atoms with Gasteiger partial charge in [-0.3, -0.25) is 4.79 Å². The van der Waals surface area contributed by atoms with Crippen molar-refractivity contribution < 1.29 is 4.79 Å². The number of benzene rings is 1. The first-order valence-corrected chi connectivity index (χ1v) is 7.65. The van der Waals surface area contributed by atoms with Crippen molar-refractivity contribution in [2.75, 3.05) is 24.6 Å². The molecule has 0 unspecified atom stereocenters. The van der Waals surface area contributed by atoms with E-state index in [4.69, 9.17) is 5.73 Å². The second kappa shape index (κ2) is 5.13. The maximum Gasteiger partial charge on any atom is 0.256 e. The second-order valence-electron chi connectivity index (χ2n) is 5.07. The number of halogens is 1. The Hall–Kier alpha value is -0.680. The molecule has 1 fully saturated rings. The van der Waals surface area contributed by atoms with Gasteiger partial charge in [-0.1, -0.05) is 15.9 Å². The van der Waals surface area contributed by atoms with Crippen LogP contribution in [0, 0.1) is 0 Å². The number of hydrogen-bond acceptors (Lipinski definition) is 3. The topological polar surface area (TPSA) is 46.3 Å². The van der Waals surface area contributed by atoms with Crippen LogP contribution in [0.1, 0.15) is 24.2 Å². The Bertz CT molecular complexity index is 476. The highest BCUT2D eigenvalue weighted by atomic mass is 79.9. The number of amides is 1. The van der Waals surface area contributed by atoms with E-state index in [-0.39, 0.29) is 10.7 Å². The molecule has 1 aromatic rings. The van der Waals surface area contributed by atoms with Gasteiger partial charge in [0.25, 0.3) is 5.91 Å². The first kappa shape index (κ1) is 13.7. The van der Waals surface area contributed by atoms with E-state index >= 15 is 0 Å². The number of thioether (sulfide) groups is 1. The van der Waals surface area contributed by atoms with Crippen molar-refractivity contribution in [2.45, 2.75) is 18.6 Å². The summed E-state index contributed by atoms with van der Waals surface area (Å²) in [5, 5.41) is 0. The number of anilines is 1. The van der Waals surface area contributed by atoms with Crippen LogP contribution in [0.25, 0.3) is 0 Å². The molecule has 98 valence electrons. The van der Waals surface area contributed by atoms with Gasteiger partial charge in [-0.2, -0.15) is 11.8 Å². The Morgan fingerprint density at radius 3 is 2.89 bits per heavy atom. The molecule has 0 bridgehead atoms. The molecule has 0 aromatic heterocycles. The summed E-state index contributed by atoms with van der Waals surface area (Å²) < 4.78 is 1.000. The molecule has 2 rings (SSSR count). The quantitative estimate of drug-likeness (QED) is 0.806. The third-order valence-corrected chi connectivity index (χ3v) is 4.75. The van der Waals surface area contributed by atoms with Crippen LogP contribution in [0.3, 0.4) is 0 Å². The van der Waals surface area contributed by atoms with Crippen LogP contribution in [0.15, 0.2) is 22.7 Å². The summed E-state index contributed by atoms with van der Waals surface area (Å²) in [6, 6.07) is 5.41. The van der Waals surface area contributed by atoms with Crippen molar-refractivity contribution in [1.82, 2.24) is 4.90 Å². The van der Waals surface area contributed by atoms with Gasteiger partial charge in [-0.05, 0) is 32.0 Å². The summed E-state index contributed by atoms with van der Waals surface area (Å²) in [4.78, 5) is 14.4. The zero-order chi connectivity index (χ0) is 13.3. The van der Waals surface area contributed by atoms with E-state index < -0.39 is 0 Å². The van der Waals surface area contributed by atoms with E-state index in [1.165, 1.54) is 0 Å². The van der Waals surface area contributed by atoms with E-state index in [1.54, 1.807) is 12.1 Å². The minimum Gasteiger partial charge on any atom is -0.398 e. The average molecular weight is 329 g/mol. The molecule has 1 amide bonds. The van der Waals surface area contributed by atoms with Gasteiger partial charge in [0.1, 0.15) is 0 Å². The molecule has 5 heteroatoms. The maximum atomic E-state index is 12.5. The van der Waals surface area contributed by atoms with Gasteiger partial charge in [-0.25, -0.2) is 0 Å². The van der Waals surface area contributed by atoms with Crippen LogP contribution in [0.4, 0.5) is 5.69 Å². The van der Waals surface area contributed by atoms with Crippen molar-refractivity contribution in [3.05, 3.63) is 28.2 Å². The normalized spacial score (nSPS) is 18.7. The minimum absolute atomic E-state index is 0.0298. The van der Waals surface area contributed by atoms with Crippen molar-refractivity contribution >= 4 is 39.3 Å². The van der Waals surface area contributed by atoms with Crippen LogP contribution < -0.4 is 5.73 Å². The molecule has 2 N–H and O–H groups in total. The number of nitrogen functional groups attached to an aromatic ring is 1. The molecule has 1 aromatic carbocycles. The maximum absolute atomic E-state index is 12.5. The summed E-state index contributed by atoms with van der Waals surface area (Å²) in [5.41, 5.74) is 7.02. The molecule has 0 spiro atoms. The summed E-state index contributed by atoms with van der Waals surface area (Å²) in [6.07, 6.45) is 0.